The van der Waals surface area contributed by atoms with E-state index in [4.69, 9.17) is 5.11 Å². The first-order chi connectivity index (χ1) is 8.17. The van der Waals surface area contributed by atoms with Crippen molar-refractivity contribution >= 4 is 11.6 Å². The van der Waals surface area contributed by atoms with Gasteiger partial charge in [-0.15, -0.1) is 0 Å². The number of aliphatic hydroxyl groups is 1. The second-order valence-electron chi connectivity index (χ2n) is 4.01. The van der Waals surface area contributed by atoms with Crippen molar-refractivity contribution in [1.82, 2.24) is 10.3 Å². The van der Waals surface area contributed by atoms with Crippen LogP contribution in [0, 0.1) is 5.92 Å². The Labute approximate surface area is 101 Å². The first kappa shape index (κ1) is 13.4. The molecular weight excluding hydrogens is 218 g/mol. The van der Waals surface area contributed by atoms with Gasteiger partial charge in [-0.2, -0.15) is 0 Å². The number of nitrogens with one attached hydrogen (secondary N) is 2. The van der Waals surface area contributed by atoms with Crippen molar-refractivity contribution < 1.29 is 9.90 Å². The molecule has 1 aromatic heterocycles. The lowest BCUT2D eigenvalue weighted by Gasteiger charge is -2.12. The molecule has 0 radical (unpaired) electrons. The van der Waals surface area contributed by atoms with E-state index in [-0.39, 0.29) is 12.5 Å². The van der Waals surface area contributed by atoms with Crippen LogP contribution in [0.2, 0.25) is 0 Å². The Morgan fingerprint density at radius 1 is 1.59 bits per heavy atom. The van der Waals surface area contributed by atoms with Gasteiger partial charge in [0.2, 0.25) is 0 Å². The van der Waals surface area contributed by atoms with E-state index in [0.717, 1.165) is 18.7 Å². The lowest BCUT2D eigenvalue weighted by molar-refractivity contribution is 0.0958. The van der Waals surface area contributed by atoms with E-state index in [1.165, 1.54) is 0 Å². The first-order valence-corrected chi connectivity index (χ1v) is 5.70. The molecule has 5 nitrogen and oxygen atoms in total. The topological polar surface area (TPSA) is 74.2 Å². The van der Waals surface area contributed by atoms with Crippen molar-refractivity contribution in [2.75, 3.05) is 25.5 Å². The van der Waals surface area contributed by atoms with Crippen LogP contribution in [0.25, 0.3) is 0 Å². The Kier molecular flexibility index (Phi) is 5.42. The number of nitrogens with zero attached hydrogens (tertiary/aromatic N) is 1. The third-order valence-corrected chi connectivity index (χ3v) is 2.50. The van der Waals surface area contributed by atoms with Gasteiger partial charge in [-0.05, 0) is 24.5 Å². The van der Waals surface area contributed by atoms with Gasteiger partial charge in [-0.1, -0.05) is 6.92 Å². The molecule has 0 aliphatic rings. The molecule has 0 aliphatic carbocycles. The average Bonchev–Trinajstić information content (AvgIpc) is 2.36. The molecule has 0 fully saturated rings. The smallest absolute Gasteiger partial charge is 0.269 e. The molecule has 0 saturated heterocycles. The monoisotopic (exact) mass is 237 g/mol. The summed E-state index contributed by atoms with van der Waals surface area (Å²) in [6, 6.07) is 3.53. The summed E-state index contributed by atoms with van der Waals surface area (Å²) < 4.78 is 0. The van der Waals surface area contributed by atoms with Crippen molar-refractivity contribution in [3.05, 3.63) is 24.0 Å². The van der Waals surface area contributed by atoms with Crippen LogP contribution >= 0.6 is 0 Å². The highest BCUT2D eigenvalue weighted by atomic mass is 16.3. The van der Waals surface area contributed by atoms with Crippen molar-refractivity contribution in [3.8, 4) is 0 Å². The Balaban J connectivity index is 2.57. The fraction of sp³-hybridized carbons (Fsp3) is 0.500. The number of carbonyl (C=O) groups is 1. The number of rotatable bonds is 6. The lowest BCUT2D eigenvalue weighted by Crippen LogP contribution is -2.19. The van der Waals surface area contributed by atoms with Crippen LogP contribution in [-0.4, -0.2) is 36.2 Å². The maximum Gasteiger partial charge on any atom is 0.269 e. The summed E-state index contributed by atoms with van der Waals surface area (Å²) in [5.74, 6) is 0.189. The SMILES string of the molecule is CNC(=O)c1cc(NCC(C)CCO)ccn1. The van der Waals surface area contributed by atoms with Crippen molar-refractivity contribution in [2.45, 2.75) is 13.3 Å². The quantitative estimate of drug-likeness (QED) is 0.686. The molecule has 0 aromatic carbocycles. The fourth-order valence-electron chi connectivity index (χ4n) is 1.41. The number of hydrogen-bond donors (Lipinski definition) is 3. The Bertz CT molecular complexity index is 369. The summed E-state index contributed by atoms with van der Waals surface area (Å²) in [5.41, 5.74) is 1.26. The van der Waals surface area contributed by atoms with Crippen LogP contribution in [0.4, 0.5) is 5.69 Å². The maximum atomic E-state index is 11.4. The Hall–Kier alpha value is -1.62. The third-order valence-electron chi connectivity index (χ3n) is 2.50. The first-order valence-electron chi connectivity index (χ1n) is 5.70. The van der Waals surface area contributed by atoms with E-state index >= 15 is 0 Å². The fourth-order valence-corrected chi connectivity index (χ4v) is 1.41. The van der Waals surface area contributed by atoms with Crippen LogP contribution in [0.5, 0.6) is 0 Å². The molecule has 0 bridgehead atoms. The van der Waals surface area contributed by atoms with Gasteiger partial charge in [0, 0.05) is 32.1 Å². The normalized spacial score (nSPS) is 11.9. The van der Waals surface area contributed by atoms with Crippen LogP contribution in [0.15, 0.2) is 18.3 Å². The predicted octanol–water partition coefficient (Wildman–Crippen LogP) is 0.872. The average molecular weight is 237 g/mol. The highest BCUT2D eigenvalue weighted by molar-refractivity contribution is 5.92. The largest absolute Gasteiger partial charge is 0.396 e. The van der Waals surface area contributed by atoms with Crippen LogP contribution in [0.3, 0.4) is 0 Å². The van der Waals surface area contributed by atoms with E-state index in [0.29, 0.717) is 11.6 Å². The summed E-state index contributed by atoms with van der Waals surface area (Å²) >= 11 is 0. The molecular formula is C12H19N3O2. The standard InChI is InChI=1S/C12H19N3O2/c1-9(4-6-16)8-15-10-3-5-14-11(7-10)12(17)13-2/h3,5,7,9,16H,4,6,8H2,1-2H3,(H,13,17)(H,14,15). The van der Waals surface area contributed by atoms with Crippen molar-refractivity contribution in [1.29, 1.82) is 0 Å². The molecule has 1 aromatic rings. The zero-order valence-corrected chi connectivity index (χ0v) is 10.2. The number of pyridine rings is 1. The number of aliphatic hydroxyl groups excluding tert-OH is 1. The molecule has 0 spiro atoms. The number of amides is 1. The minimum Gasteiger partial charge on any atom is -0.396 e. The van der Waals surface area contributed by atoms with Gasteiger partial charge in [0.25, 0.3) is 5.91 Å². The molecule has 1 amide bonds. The van der Waals surface area contributed by atoms with E-state index in [1.807, 2.05) is 6.07 Å². The van der Waals surface area contributed by atoms with Gasteiger partial charge in [-0.3, -0.25) is 9.78 Å². The zero-order chi connectivity index (χ0) is 12.7. The molecule has 1 rings (SSSR count). The van der Waals surface area contributed by atoms with Gasteiger partial charge in [0.15, 0.2) is 0 Å². The van der Waals surface area contributed by atoms with Gasteiger partial charge < -0.3 is 15.7 Å². The summed E-state index contributed by atoms with van der Waals surface area (Å²) in [5, 5.41) is 14.5. The van der Waals surface area contributed by atoms with E-state index in [2.05, 4.69) is 22.5 Å². The van der Waals surface area contributed by atoms with Gasteiger partial charge in [0.05, 0.1) is 0 Å². The number of aromatic nitrogens is 1. The molecule has 0 saturated carbocycles. The third kappa shape index (κ3) is 4.40. The van der Waals surface area contributed by atoms with Crippen molar-refractivity contribution in [2.24, 2.45) is 5.92 Å². The van der Waals surface area contributed by atoms with Crippen LogP contribution < -0.4 is 10.6 Å². The molecule has 1 atom stereocenters. The number of anilines is 1. The summed E-state index contributed by atoms with van der Waals surface area (Å²) in [7, 11) is 1.58. The highest BCUT2D eigenvalue weighted by Crippen LogP contribution is 2.10. The van der Waals surface area contributed by atoms with Crippen LogP contribution in [-0.2, 0) is 0 Å². The number of hydrogen-bond acceptors (Lipinski definition) is 4. The minimum absolute atomic E-state index is 0.197. The Morgan fingerprint density at radius 3 is 3.00 bits per heavy atom. The second kappa shape index (κ2) is 6.85. The van der Waals surface area contributed by atoms with E-state index in [1.54, 1.807) is 19.3 Å². The molecule has 94 valence electrons. The molecule has 0 aliphatic heterocycles. The van der Waals surface area contributed by atoms with E-state index < -0.39 is 0 Å². The summed E-state index contributed by atoms with van der Waals surface area (Å²) in [6.45, 7) is 3.02. The molecule has 5 heteroatoms. The Morgan fingerprint density at radius 2 is 2.35 bits per heavy atom. The van der Waals surface area contributed by atoms with Gasteiger partial charge >= 0.3 is 0 Å². The summed E-state index contributed by atoms with van der Waals surface area (Å²) in [4.78, 5) is 15.4. The van der Waals surface area contributed by atoms with E-state index in [9.17, 15) is 4.79 Å². The zero-order valence-electron chi connectivity index (χ0n) is 10.2. The molecule has 1 unspecified atom stereocenters. The van der Waals surface area contributed by atoms with Crippen molar-refractivity contribution in [3.63, 3.8) is 0 Å². The minimum atomic E-state index is -0.197. The molecule has 1 heterocycles. The maximum absolute atomic E-state index is 11.4. The lowest BCUT2D eigenvalue weighted by atomic mass is 10.1. The van der Waals surface area contributed by atoms with Gasteiger partial charge in [-0.25, -0.2) is 0 Å². The van der Waals surface area contributed by atoms with Crippen LogP contribution in [0.1, 0.15) is 23.8 Å². The summed E-state index contributed by atoms with van der Waals surface area (Å²) in [6.07, 6.45) is 2.37. The second-order valence-corrected chi connectivity index (χ2v) is 4.01. The highest BCUT2D eigenvalue weighted by Gasteiger charge is 2.06. The molecule has 3 N–H and O–H groups in total. The number of carbonyl (C=O) groups excluding carboxylic acids is 1. The molecule has 17 heavy (non-hydrogen) atoms. The predicted molar refractivity (Wildman–Crippen MR) is 67.0 cm³/mol. The van der Waals surface area contributed by atoms with Gasteiger partial charge in [0.1, 0.15) is 5.69 Å².